The van der Waals surface area contributed by atoms with E-state index in [0.29, 0.717) is 17.8 Å². The van der Waals surface area contributed by atoms with Crippen LogP contribution in [-0.2, 0) is 9.59 Å². The molecule has 1 N–H and O–H groups in total. The summed E-state index contributed by atoms with van der Waals surface area (Å²) < 4.78 is 0.207. The van der Waals surface area contributed by atoms with E-state index in [-0.39, 0.29) is 36.4 Å². The molecule has 1 heterocycles. The monoisotopic (exact) mass is 511 g/mol. The van der Waals surface area contributed by atoms with Gasteiger partial charge in [0.1, 0.15) is 5.02 Å². The van der Waals surface area contributed by atoms with Crippen LogP contribution in [0.5, 0.6) is 0 Å². The SMILES string of the molecule is O=C1/C(=C/c2cc([N+](=O)[O-])c(Cl)cc2Cl)SC(=S)N1NC(=O)C12CC3CC(CC(C3)C1)C2. The maximum atomic E-state index is 13.3. The molecule has 4 aliphatic carbocycles. The van der Waals surface area contributed by atoms with Crippen LogP contribution in [0.15, 0.2) is 17.0 Å². The minimum atomic E-state index is -0.618. The van der Waals surface area contributed by atoms with E-state index in [0.717, 1.165) is 36.0 Å². The van der Waals surface area contributed by atoms with Crippen LogP contribution in [0.25, 0.3) is 6.08 Å². The molecule has 1 saturated heterocycles. The molecule has 5 aliphatic rings. The number of nitrogens with zero attached hydrogens (tertiary/aromatic N) is 2. The number of nitrogens with one attached hydrogen (secondary N) is 1. The van der Waals surface area contributed by atoms with Crippen molar-refractivity contribution in [3.8, 4) is 0 Å². The number of nitro groups is 1. The van der Waals surface area contributed by atoms with E-state index >= 15 is 0 Å². The van der Waals surface area contributed by atoms with Gasteiger partial charge < -0.3 is 0 Å². The fraction of sp³-hybridized carbons (Fsp3) is 0.476. The first kappa shape index (κ1) is 22.1. The molecule has 32 heavy (non-hydrogen) atoms. The third kappa shape index (κ3) is 3.73. The van der Waals surface area contributed by atoms with Gasteiger partial charge in [0, 0.05) is 16.7 Å². The summed E-state index contributed by atoms with van der Waals surface area (Å²) in [5.41, 5.74) is 2.33. The molecule has 0 aromatic heterocycles. The zero-order chi connectivity index (χ0) is 22.8. The summed E-state index contributed by atoms with van der Waals surface area (Å²) in [6.07, 6.45) is 7.69. The van der Waals surface area contributed by atoms with Crippen LogP contribution in [-0.4, -0.2) is 26.1 Å². The summed E-state index contributed by atoms with van der Waals surface area (Å²) in [7, 11) is 0. The summed E-state index contributed by atoms with van der Waals surface area (Å²) in [6, 6.07) is 2.48. The second-order valence-electron chi connectivity index (χ2n) is 9.24. The number of hydrogen-bond donors (Lipinski definition) is 1. The molecule has 4 saturated carbocycles. The van der Waals surface area contributed by atoms with Crippen LogP contribution in [0.4, 0.5) is 5.69 Å². The zero-order valence-corrected chi connectivity index (χ0v) is 20.0. The number of thiocarbonyl (C=S) groups is 1. The van der Waals surface area contributed by atoms with Crippen molar-refractivity contribution in [2.45, 2.75) is 38.5 Å². The average molecular weight is 512 g/mol. The Morgan fingerprint density at radius 2 is 1.78 bits per heavy atom. The van der Waals surface area contributed by atoms with Gasteiger partial charge in [-0.05, 0) is 80.6 Å². The van der Waals surface area contributed by atoms with Gasteiger partial charge >= 0.3 is 0 Å². The lowest BCUT2D eigenvalue weighted by atomic mass is 9.49. The van der Waals surface area contributed by atoms with Gasteiger partial charge in [-0.25, -0.2) is 0 Å². The van der Waals surface area contributed by atoms with E-state index < -0.39 is 16.2 Å². The van der Waals surface area contributed by atoms with Crippen LogP contribution in [0.3, 0.4) is 0 Å². The van der Waals surface area contributed by atoms with Crippen molar-refractivity contribution < 1.29 is 14.5 Å². The number of thioether (sulfide) groups is 1. The van der Waals surface area contributed by atoms with Gasteiger partial charge in [0.15, 0.2) is 4.32 Å². The predicted molar refractivity (Wildman–Crippen MR) is 127 cm³/mol. The molecule has 7 nitrogen and oxygen atoms in total. The maximum absolute atomic E-state index is 13.3. The largest absolute Gasteiger partial charge is 0.288 e. The van der Waals surface area contributed by atoms with Crippen molar-refractivity contribution in [2.75, 3.05) is 0 Å². The molecule has 1 aromatic rings. The summed E-state index contributed by atoms with van der Waals surface area (Å²) >= 11 is 18.4. The van der Waals surface area contributed by atoms with Crippen molar-refractivity contribution in [2.24, 2.45) is 23.2 Å². The van der Waals surface area contributed by atoms with E-state index in [1.165, 1.54) is 37.5 Å². The number of hydrogen-bond acceptors (Lipinski definition) is 6. The smallest absolute Gasteiger partial charge is 0.273 e. The first-order valence-electron chi connectivity index (χ1n) is 10.4. The Hall–Kier alpha value is -1.68. The highest BCUT2D eigenvalue weighted by atomic mass is 35.5. The number of benzene rings is 1. The molecule has 11 heteroatoms. The van der Waals surface area contributed by atoms with Crippen molar-refractivity contribution in [3.63, 3.8) is 0 Å². The van der Waals surface area contributed by atoms with Crippen molar-refractivity contribution in [1.82, 2.24) is 10.4 Å². The van der Waals surface area contributed by atoms with Crippen molar-refractivity contribution in [3.05, 3.63) is 42.8 Å². The molecule has 2 amide bonds. The Morgan fingerprint density at radius 3 is 2.34 bits per heavy atom. The molecule has 0 spiro atoms. The van der Waals surface area contributed by atoms with Gasteiger partial charge in [0.05, 0.1) is 15.2 Å². The minimum Gasteiger partial charge on any atom is -0.273 e. The molecule has 0 unspecified atom stereocenters. The van der Waals surface area contributed by atoms with Crippen molar-refractivity contribution in [1.29, 1.82) is 0 Å². The fourth-order valence-electron chi connectivity index (χ4n) is 6.12. The van der Waals surface area contributed by atoms with Gasteiger partial charge in [-0.3, -0.25) is 25.1 Å². The summed E-state index contributed by atoms with van der Waals surface area (Å²) in [4.78, 5) is 37.1. The Labute approximate surface area is 204 Å². The first-order chi connectivity index (χ1) is 15.1. The standard InChI is InChI=1S/C21H19Cl2N3O4S2/c22-14-6-15(23)16(26(29)30)4-13(14)5-17-18(27)25(20(31)32-17)24-19(28)21-7-10-1-11(8-21)3-12(2-10)9-21/h4-6,10-12H,1-3,7-9H2,(H,24,28)/b17-5-. The Bertz CT molecular complexity index is 1070. The highest BCUT2D eigenvalue weighted by Crippen LogP contribution is 2.60. The number of amides is 2. The molecule has 168 valence electrons. The molecule has 0 radical (unpaired) electrons. The fourth-order valence-corrected chi connectivity index (χ4v) is 7.80. The summed E-state index contributed by atoms with van der Waals surface area (Å²) in [6.45, 7) is 0. The maximum Gasteiger partial charge on any atom is 0.288 e. The first-order valence-corrected chi connectivity index (χ1v) is 12.4. The summed E-state index contributed by atoms with van der Waals surface area (Å²) in [5, 5.41) is 12.4. The topological polar surface area (TPSA) is 92.5 Å². The number of hydrazine groups is 1. The second-order valence-corrected chi connectivity index (χ2v) is 11.7. The third-order valence-corrected chi connectivity index (χ3v) is 9.01. The lowest BCUT2D eigenvalue weighted by Crippen LogP contribution is -2.57. The average Bonchev–Trinajstić information content (AvgIpc) is 2.96. The van der Waals surface area contributed by atoms with Crippen molar-refractivity contribution >= 4 is 75.1 Å². The Balaban J connectivity index is 1.36. The van der Waals surface area contributed by atoms with E-state index in [2.05, 4.69) is 5.43 Å². The molecule has 4 bridgehead atoms. The van der Waals surface area contributed by atoms with Gasteiger partial charge in [-0.2, -0.15) is 5.01 Å². The zero-order valence-electron chi connectivity index (χ0n) is 16.8. The Kier molecular flexibility index (Phi) is 5.51. The van der Waals surface area contributed by atoms with Crippen LogP contribution >= 0.6 is 47.2 Å². The number of nitro benzene ring substituents is 1. The second kappa shape index (κ2) is 7.97. The highest BCUT2D eigenvalue weighted by molar-refractivity contribution is 8.26. The number of rotatable bonds is 4. The molecular formula is C21H19Cl2N3O4S2. The quantitative estimate of drug-likeness (QED) is 0.253. The van der Waals surface area contributed by atoms with E-state index in [9.17, 15) is 19.7 Å². The van der Waals surface area contributed by atoms with Crippen LogP contribution in [0.2, 0.25) is 10.0 Å². The van der Waals surface area contributed by atoms with Crippen LogP contribution < -0.4 is 5.43 Å². The van der Waals surface area contributed by atoms with Gasteiger partial charge in [0.25, 0.3) is 11.6 Å². The third-order valence-electron chi connectivity index (χ3n) is 7.08. The summed E-state index contributed by atoms with van der Waals surface area (Å²) in [5.74, 6) is 1.18. The lowest BCUT2D eigenvalue weighted by molar-refractivity contribution is -0.384. The van der Waals surface area contributed by atoms with Crippen LogP contribution in [0, 0.1) is 33.3 Å². The molecule has 0 atom stereocenters. The predicted octanol–water partition coefficient (Wildman–Crippen LogP) is 5.35. The Morgan fingerprint density at radius 1 is 1.19 bits per heavy atom. The van der Waals surface area contributed by atoms with Gasteiger partial charge in [-0.15, -0.1) is 0 Å². The van der Waals surface area contributed by atoms with E-state index in [1.807, 2.05) is 0 Å². The van der Waals surface area contributed by atoms with Crippen LogP contribution in [0.1, 0.15) is 44.1 Å². The molecule has 1 aromatic carbocycles. The lowest BCUT2D eigenvalue weighted by Gasteiger charge is -2.55. The normalized spacial score (nSPS) is 32.1. The van der Waals surface area contributed by atoms with Gasteiger partial charge in [0.2, 0.25) is 5.91 Å². The molecule has 1 aliphatic heterocycles. The number of carbonyl (C=O) groups is 2. The molecular weight excluding hydrogens is 493 g/mol. The number of halogens is 2. The highest BCUT2D eigenvalue weighted by Gasteiger charge is 2.55. The molecule has 5 fully saturated rings. The van der Waals surface area contributed by atoms with E-state index in [4.69, 9.17) is 35.4 Å². The number of carbonyl (C=O) groups excluding carboxylic acids is 2. The minimum absolute atomic E-state index is 0.0902. The van der Waals surface area contributed by atoms with E-state index in [1.54, 1.807) is 0 Å². The van der Waals surface area contributed by atoms with Gasteiger partial charge in [-0.1, -0.05) is 35.0 Å². The molecule has 6 rings (SSSR count).